The summed E-state index contributed by atoms with van der Waals surface area (Å²) in [5.41, 5.74) is 10.5. The Hall–Kier alpha value is -0.570. The predicted molar refractivity (Wildman–Crippen MR) is 87.2 cm³/mol. The molecule has 2 aliphatic rings. The van der Waals surface area contributed by atoms with Gasteiger partial charge in [0.05, 0.1) is 0 Å². The second-order valence-corrected chi connectivity index (χ2v) is 6.71. The van der Waals surface area contributed by atoms with Crippen LogP contribution in [0.4, 0.5) is 0 Å². The number of rotatable bonds is 2. The average molecular weight is 295 g/mol. The van der Waals surface area contributed by atoms with Crippen LogP contribution in [0, 0.1) is 25.7 Å². The highest BCUT2D eigenvalue weighted by atomic mass is 35.5. The van der Waals surface area contributed by atoms with E-state index in [9.17, 15) is 0 Å². The first-order valence-corrected chi connectivity index (χ1v) is 7.67. The lowest BCUT2D eigenvalue weighted by molar-refractivity contribution is 0.259. The van der Waals surface area contributed by atoms with Crippen LogP contribution < -0.4 is 5.73 Å². The molecule has 2 fully saturated rings. The van der Waals surface area contributed by atoms with Gasteiger partial charge in [-0.25, -0.2) is 0 Å². The number of hydrogen-bond donors (Lipinski definition) is 1. The largest absolute Gasteiger partial charge is 0.327 e. The summed E-state index contributed by atoms with van der Waals surface area (Å²) in [6, 6.07) is 7.36. The SMILES string of the molecule is Cc1cc(C)cc(CN2CC3CCCC(N)C3C2)c1.Cl. The van der Waals surface area contributed by atoms with Gasteiger partial charge < -0.3 is 5.73 Å². The van der Waals surface area contributed by atoms with Crippen molar-refractivity contribution in [3.63, 3.8) is 0 Å². The number of likely N-dealkylation sites (tertiary alicyclic amines) is 1. The molecule has 3 unspecified atom stereocenters. The van der Waals surface area contributed by atoms with Crippen molar-refractivity contribution >= 4 is 12.4 Å². The van der Waals surface area contributed by atoms with E-state index in [0.29, 0.717) is 6.04 Å². The Kier molecular flexibility index (Phi) is 5.11. The van der Waals surface area contributed by atoms with Gasteiger partial charge in [-0.3, -0.25) is 4.90 Å². The molecule has 3 heteroatoms. The molecule has 1 aliphatic carbocycles. The van der Waals surface area contributed by atoms with Crippen LogP contribution in [-0.2, 0) is 6.54 Å². The molecule has 1 saturated heterocycles. The van der Waals surface area contributed by atoms with Crippen LogP contribution >= 0.6 is 12.4 Å². The molecule has 0 amide bonds. The van der Waals surface area contributed by atoms with Crippen molar-refractivity contribution in [3.8, 4) is 0 Å². The van der Waals surface area contributed by atoms with Crippen molar-refractivity contribution in [2.45, 2.75) is 45.7 Å². The highest BCUT2D eigenvalue weighted by Gasteiger charge is 2.38. The summed E-state index contributed by atoms with van der Waals surface area (Å²) in [4.78, 5) is 2.62. The molecule has 2 nitrogen and oxygen atoms in total. The van der Waals surface area contributed by atoms with E-state index in [4.69, 9.17) is 5.73 Å². The maximum Gasteiger partial charge on any atom is 0.0234 e. The summed E-state index contributed by atoms with van der Waals surface area (Å²) in [5.74, 6) is 1.61. The third-order valence-corrected chi connectivity index (χ3v) is 4.92. The third-order valence-electron chi connectivity index (χ3n) is 4.92. The molecule has 1 aromatic rings. The van der Waals surface area contributed by atoms with Gasteiger partial charge in [0, 0.05) is 25.7 Å². The zero-order chi connectivity index (χ0) is 13.4. The van der Waals surface area contributed by atoms with Gasteiger partial charge in [0.2, 0.25) is 0 Å². The molecule has 0 radical (unpaired) electrons. The molecule has 1 heterocycles. The molecule has 0 spiro atoms. The van der Waals surface area contributed by atoms with E-state index < -0.39 is 0 Å². The molecular formula is C17H27ClN2. The maximum atomic E-state index is 6.30. The fraction of sp³-hybridized carbons (Fsp3) is 0.647. The number of nitrogens with zero attached hydrogens (tertiary/aromatic N) is 1. The highest BCUT2D eigenvalue weighted by molar-refractivity contribution is 5.85. The zero-order valence-electron chi connectivity index (χ0n) is 12.6. The number of nitrogens with two attached hydrogens (primary N) is 1. The lowest BCUT2D eigenvalue weighted by Crippen LogP contribution is -2.38. The van der Waals surface area contributed by atoms with E-state index in [-0.39, 0.29) is 12.4 Å². The minimum absolute atomic E-state index is 0. The zero-order valence-corrected chi connectivity index (χ0v) is 13.5. The molecule has 0 aromatic heterocycles. The quantitative estimate of drug-likeness (QED) is 0.907. The highest BCUT2D eigenvalue weighted by Crippen LogP contribution is 2.36. The fourth-order valence-electron chi connectivity index (χ4n) is 4.16. The van der Waals surface area contributed by atoms with Gasteiger partial charge in [0.1, 0.15) is 0 Å². The van der Waals surface area contributed by atoms with Crippen molar-refractivity contribution in [1.82, 2.24) is 4.90 Å². The van der Waals surface area contributed by atoms with Crippen molar-refractivity contribution in [2.24, 2.45) is 17.6 Å². The summed E-state index contributed by atoms with van der Waals surface area (Å²) < 4.78 is 0. The van der Waals surface area contributed by atoms with Crippen LogP contribution in [0.2, 0.25) is 0 Å². The third kappa shape index (κ3) is 3.36. The Morgan fingerprint density at radius 1 is 1.10 bits per heavy atom. The van der Waals surface area contributed by atoms with E-state index >= 15 is 0 Å². The first kappa shape index (κ1) is 15.8. The van der Waals surface area contributed by atoms with Gasteiger partial charge in [-0.05, 0) is 44.1 Å². The van der Waals surface area contributed by atoms with Crippen LogP contribution in [0.25, 0.3) is 0 Å². The van der Waals surface area contributed by atoms with Gasteiger partial charge in [-0.2, -0.15) is 0 Å². The van der Waals surface area contributed by atoms with Crippen LogP contribution in [0.15, 0.2) is 18.2 Å². The topological polar surface area (TPSA) is 29.3 Å². The standard InChI is InChI=1S/C17H26N2.ClH/c1-12-6-13(2)8-14(7-12)9-19-10-15-4-3-5-17(18)16(15)11-19;/h6-8,15-17H,3-5,9-11,18H2,1-2H3;1H. The molecule has 112 valence electrons. The number of halogens is 1. The van der Waals surface area contributed by atoms with Gasteiger partial charge >= 0.3 is 0 Å². The summed E-state index contributed by atoms with van der Waals surface area (Å²) in [5, 5.41) is 0. The number of hydrogen-bond acceptors (Lipinski definition) is 2. The van der Waals surface area contributed by atoms with E-state index in [1.807, 2.05) is 0 Å². The van der Waals surface area contributed by atoms with Crippen molar-refractivity contribution in [2.75, 3.05) is 13.1 Å². The molecule has 1 aromatic carbocycles. The Bertz CT molecular complexity index is 440. The average Bonchev–Trinajstić information content (AvgIpc) is 2.71. The van der Waals surface area contributed by atoms with Crippen LogP contribution in [-0.4, -0.2) is 24.0 Å². The lowest BCUT2D eigenvalue weighted by Gasteiger charge is -2.29. The molecule has 1 aliphatic heterocycles. The number of fused-ring (bicyclic) bond motifs is 1. The minimum atomic E-state index is 0. The van der Waals surface area contributed by atoms with Crippen LogP contribution in [0.3, 0.4) is 0 Å². The Labute approximate surface area is 129 Å². The monoisotopic (exact) mass is 294 g/mol. The molecular weight excluding hydrogens is 268 g/mol. The Morgan fingerprint density at radius 3 is 2.45 bits per heavy atom. The molecule has 0 bridgehead atoms. The van der Waals surface area contributed by atoms with E-state index in [0.717, 1.165) is 18.4 Å². The van der Waals surface area contributed by atoms with E-state index in [2.05, 4.69) is 36.9 Å². The number of benzene rings is 1. The first-order valence-electron chi connectivity index (χ1n) is 7.67. The molecule has 20 heavy (non-hydrogen) atoms. The summed E-state index contributed by atoms with van der Waals surface area (Å²) in [7, 11) is 0. The normalized spacial score (nSPS) is 29.9. The first-order chi connectivity index (χ1) is 9.11. The predicted octanol–water partition coefficient (Wildman–Crippen LogP) is 3.28. The van der Waals surface area contributed by atoms with Gasteiger partial charge in [0.25, 0.3) is 0 Å². The molecule has 3 rings (SSSR count). The molecule has 3 atom stereocenters. The van der Waals surface area contributed by atoms with Crippen molar-refractivity contribution in [1.29, 1.82) is 0 Å². The Morgan fingerprint density at radius 2 is 1.80 bits per heavy atom. The minimum Gasteiger partial charge on any atom is -0.327 e. The van der Waals surface area contributed by atoms with Crippen molar-refractivity contribution < 1.29 is 0 Å². The summed E-state index contributed by atoms with van der Waals surface area (Å²) in [6.07, 6.45) is 3.96. The molecule has 2 N–H and O–H groups in total. The molecule has 1 saturated carbocycles. The maximum absolute atomic E-state index is 6.30. The summed E-state index contributed by atoms with van der Waals surface area (Å²) >= 11 is 0. The van der Waals surface area contributed by atoms with Crippen LogP contribution in [0.1, 0.15) is 36.0 Å². The van der Waals surface area contributed by atoms with Gasteiger partial charge in [-0.1, -0.05) is 35.7 Å². The van der Waals surface area contributed by atoms with E-state index in [1.54, 1.807) is 0 Å². The smallest absolute Gasteiger partial charge is 0.0234 e. The summed E-state index contributed by atoms with van der Waals surface area (Å²) in [6.45, 7) is 7.94. The lowest BCUT2D eigenvalue weighted by atomic mass is 9.78. The van der Waals surface area contributed by atoms with Gasteiger partial charge in [-0.15, -0.1) is 12.4 Å². The second-order valence-electron chi connectivity index (χ2n) is 6.71. The van der Waals surface area contributed by atoms with Crippen molar-refractivity contribution in [3.05, 3.63) is 34.9 Å². The number of aryl methyl sites for hydroxylation is 2. The van der Waals surface area contributed by atoms with Gasteiger partial charge in [0.15, 0.2) is 0 Å². The fourth-order valence-corrected chi connectivity index (χ4v) is 4.16. The van der Waals surface area contributed by atoms with E-state index in [1.165, 1.54) is 49.0 Å². The van der Waals surface area contributed by atoms with Crippen LogP contribution in [0.5, 0.6) is 0 Å². The Balaban J connectivity index is 0.00000147. The second kappa shape index (κ2) is 6.46.